The third-order valence-corrected chi connectivity index (χ3v) is 6.95. The molecule has 5 rings (SSSR count). The van der Waals surface area contributed by atoms with Crippen LogP contribution in [0.4, 0.5) is 13.6 Å². The Balaban J connectivity index is 1.44. The molecule has 3 aliphatic rings. The summed E-state index contributed by atoms with van der Waals surface area (Å²) in [5.74, 6) is -0.105. The maximum Gasteiger partial charge on any atom is 0.410 e. The summed E-state index contributed by atoms with van der Waals surface area (Å²) in [5.41, 5.74) is 4.36. The van der Waals surface area contributed by atoms with Gasteiger partial charge in [0.1, 0.15) is 29.7 Å². The Hall–Kier alpha value is -3.64. The van der Waals surface area contributed by atoms with Crippen molar-refractivity contribution in [2.75, 3.05) is 26.3 Å². The minimum atomic E-state index is -2.75. The van der Waals surface area contributed by atoms with Crippen molar-refractivity contribution in [2.45, 2.75) is 45.0 Å². The predicted octanol–water partition coefficient (Wildman–Crippen LogP) is 3.81. The molecule has 0 unspecified atom stereocenters. The number of pyridine rings is 1. The van der Waals surface area contributed by atoms with Gasteiger partial charge in [0.15, 0.2) is 0 Å². The SMILES string of the molecule is CCOc1nc(C2=CN(C(F)F)NC2)c(O[C@H]2CCN3C(=O)OC[C@@H]3C2)cc1C(=O)NCc1ccc(Cl)cc1. The second kappa shape index (κ2) is 11.6. The van der Waals surface area contributed by atoms with Gasteiger partial charge in [0.25, 0.3) is 5.91 Å². The monoisotopic (exact) mass is 563 g/mol. The number of hydrogen-bond acceptors (Lipinski definition) is 8. The third kappa shape index (κ3) is 6.01. The lowest BCUT2D eigenvalue weighted by molar-refractivity contribution is -0.0170. The van der Waals surface area contributed by atoms with Crippen LogP contribution in [-0.4, -0.2) is 71.9 Å². The summed E-state index contributed by atoms with van der Waals surface area (Å²) in [6.07, 6.45) is 1.69. The van der Waals surface area contributed by atoms with Crippen molar-refractivity contribution in [3.8, 4) is 11.6 Å². The van der Waals surface area contributed by atoms with Crippen molar-refractivity contribution in [3.05, 3.63) is 58.4 Å². The molecule has 2 fully saturated rings. The van der Waals surface area contributed by atoms with E-state index in [2.05, 4.69) is 15.7 Å². The van der Waals surface area contributed by atoms with Gasteiger partial charge in [0, 0.05) is 55.3 Å². The molecular weight excluding hydrogens is 536 g/mol. The maximum atomic E-state index is 13.3. The number of carbonyl (C=O) groups is 2. The molecule has 13 heteroatoms. The van der Waals surface area contributed by atoms with E-state index in [1.807, 2.05) is 0 Å². The number of nitrogens with one attached hydrogen (secondary N) is 2. The number of cyclic esters (lactones) is 1. The highest BCUT2D eigenvalue weighted by Crippen LogP contribution is 2.35. The fourth-order valence-electron chi connectivity index (χ4n) is 4.74. The smallest absolute Gasteiger partial charge is 0.410 e. The largest absolute Gasteiger partial charge is 0.488 e. The molecule has 0 aliphatic carbocycles. The fraction of sp³-hybridized carbons (Fsp3) is 0.423. The van der Waals surface area contributed by atoms with Gasteiger partial charge in [-0.2, -0.15) is 8.78 Å². The molecule has 39 heavy (non-hydrogen) atoms. The first kappa shape index (κ1) is 26.9. The van der Waals surface area contributed by atoms with E-state index in [1.54, 1.807) is 42.2 Å². The Bertz CT molecular complexity index is 1260. The molecule has 4 heterocycles. The quantitative estimate of drug-likeness (QED) is 0.444. The first-order valence-corrected chi connectivity index (χ1v) is 13.0. The number of fused-ring (bicyclic) bond motifs is 1. The highest BCUT2D eigenvalue weighted by atomic mass is 35.5. The summed E-state index contributed by atoms with van der Waals surface area (Å²) in [6, 6.07) is 8.51. The summed E-state index contributed by atoms with van der Waals surface area (Å²) < 4.78 is 43.8. The number of amides is 2. The Morgan fingerprint density at radius 2 is 2.13 bits per heavy atom. The van der Waals surface area contributed by atoms with E-state index in [0.717, 1.165) is 5.56 Å². The second-order valence-electron chi connectivity index (χ2n) is 9.29. The predicted molar refractivity (Wildman–Crippen MR) is 137 cm³/mol. The molecule has 208 valence electrons. The van der Waals surface area contributed by atoms with Crippen molar-refractivity contribution in [1.29, 1.82) is 0 Å². The van der Waals surface area contributed by atoms with Gasteiger partial charge in [-0.25, -0.2) is 15.2 Å². The van der Waals surface area contributed by atoms with Crippen LogP contribution in [0.15, 0.2) is 36.5 Å². The lowest BCUT2D eigenvalue weighted by Gasteiger charge is -2.33. The van der Waals surface area contributed by atoms with E-state index in [9.17, 15) is 18.4 Å². The van der Waals surface area contributed by atoms with E-state index in [0.29, 0.717) is 40.7 Å². The number of carbonyl (C=O) groups excluding carboxylic acids is 2. The molecule has 1 aromatic heterocycles. The minimum Gasteiger partial charge on any atom is -0.488 e. The highest BCUT2D eigenvalue weighted by Gasteiger charge is 2.39. The molecule has 0 bridgehead atoms. The van der Waals surface area contributed by atoms with E-state index in [-0.39, 0.29) is 61.7 Å². The third-order valence-electron chi connectivity index (χ3n) is 6.70. The molecule has 2 saturated heterocycles. The number of benzene rings is 1. The van der Waals surface area contributed by atoms with Crippen molar-refractivity contribution < 1.29 is 32.6 Å². The number of nitrogens with zero attached hydrogens (tertiary/aromatic N) is 3. The van der Waals surface area contributed by atoms with Crippen molar-refractivity contribution >= 4 is 29.2 Å². The molecular formula is C26H28ClF2N5O5. The van der Waals surface area contributed by atoms with E-state index < -0.39 is 12.5 Å². The summed E-state index contributed by atoms with van der Waals surface area (Å²) in [6.45, 7) is 0.320. The number of hydrazine groups is 1. The zero-order chi connectivity index (χ0) is 27.5. The van der Waals surface area contributed by atoms with Gasteiger partial charge >= 0.3 is 12.6 Å². The van der Waals surface area contributed by atoms with Gasteiger partial charge in [-0.15, -0.1) is 0 Å². The molecule has 1 aromatic carbocycles. The summed E-state index contributed by atoms with van der Waals surface area (Å²) >= 11 is 5.95. The zero-order valence-corrected chi connectivity index (χ0v) is 21.9. The molecule has 2 N–H and O–H groups in total. The van der Waals surface area contributed by atoms with Crippen LogP contribution < -0.4 is 20.2 Å². The molecule has 2 aromatic rings. The standard InChI is InChI=1S/C26H28ClF2N5O5/c1-2-37-24-20(23(35)30-11-15-3-5-17(27)6-4-15)10-21(22(32-24)16-12-31-34(13-16)25(28)29)39-19-7-8-33-18(9-19)14-38-26(33)36/h3-6,10,13,18-19,25,31H,2,7-9,11-12,14H2,1H3,(H,30,35)/t18-,19-/m0/s1. The summed E-state index contributed by atoms with van der Waals surface area (Å²) in [4.78, 5) is 31.4. The Morgan fingerprint density at radius 1 is 1.33 bits per heavy atom. The summed E-state index contributed by atoms with van der Waals surface area (Å²) in [7, 11) is 0. The summed E-state index contributed by atoms with van der Waals surface area (Å²) in [5, 5.41) is 4.13. The average Bonchev–Trinajstić information content (AvgIpc) is 3.56. The maximum absolute atomic E-state index is 13.3. The lowest BCUT2D eigenvalue weighted by atomic mass is 10.0. The van der Waals surface area contributed by atoms with Gasteiger partial charge in [0.2, 0.25) is 5.88 Å². The van der Waals surface area contributed by atoms with Crippen LogP contribution in [0.5, 0.6) is 11.6 Å². The molecule has 2 atom stereocenters. The van der Waals surface area contributed by atoms with Gasteiger partial charge in [-0.05, 0) is 24.6 Å². The van der Waals surface area contributed by atoms with E-state index in [1.165, 1.54) is 6.20 Å². The van der Waals surface area contributed by atoms with Crippen LogP contribution in [-0.2, 0) is 11.3 Å². The molecule has 0 spiro atoms. The molecule has 0 saturated carbocycles. The molecule has 10 nitrogen and oxygen atoms in total. The first-order valence-electron chi connectivity index (χ1n) is 12.6. The number of alkyl halides is 2. The molecule has 3 aliphatic heterocycles. The number of aromatic nitrogens is 1. The normalized spacial score (nSPS) is 20.5. The molecule has 2 amide bonds. The number of ether oxygens (including phenoxy) is 3. The van der Waals surface area contributed by atoms with Gasteiger partial charge in [-0.1, -0.05) is 23.7 Å². The number of rotatable bonds is 9. The fourth-order valence-corrected chi connectivity index (χ4v) is 4.87. The topological polar surface area (TPSA) is 105 Å². The van der Waals surface area contributed by atoms with Gasteiger partial charge < -0.3 is 24.4 Å². The Kier molecular flexibility index (Phi) is 8.03. The van der Waals surface area contributed by atoms with Crippen LogP contribution in [0, 0.1) is 0 Å². The first-order chi connectivity index (χ1) is 18.8. The van der Waals surface area contributed by atoms with E-state index >= 15 is 0 Å². The number of hydrogen-bond donors (Lipinski definition) is 2. The number of halogens is 3. The van der Waals surface area contributed by atoms with Crippen LogP contribution in [0.2, 0.25) is 5.02 Å². The van der Waals surface area contributed by atoms with Crippen LogP contribution in [0.1, 0.15) is 41.4 Å². The lowest BCUT2D eigenvalue weighted by Crippen LogP contribution is -2.44. The van der Waals surface area contributed by atoms with Crippen molar-refractivity contribution in [1.82, 2.24) is 25.6 Å². The average molecular weight is 564 g/mol. The zero-order valence-electron chi connectivity index (χ0n) is 21.2. The van der Waals surface area contributed by atoms with Crippen LogP contribution in [0.3, 0.4) is 0 Å². The van der Waals surface area contributed by atoms with Crippen LogP contribution in [0.25, 0.3) is 5.57 Å². The van der Waals surface area contributed by atoms with Crippen molar-refractivity contribution in [3.63, 3.8) is 0 Å². The number of piperidine rings is 1. The van der Waals surface area contributed by atoms with Crippen LogP contribution >= 0.6 is 11.6 Å². The van der Waals surface area contributed by atoms with E-state index in [4.69, 9.17) is 25.8 Å². The minimum absolute atomic E-state index is 0.0643. The van der Waals surface area contributed by atoms with Crippen molar-refractivity contribution in [2.24, 2.45) is 0 Å². The molecule has 0 radical (unpaired) electrons. The Morgan fingerprint density at radius 3 is 2.85 bits per heavy atom. The van der Waals surface area contributed by atoms with Gasteiger partial charge in [-0.3, -0.25) is 9.80 Å². The second-order valence-corrected chi connectivity index (χ2v) is 9.73. The highest BCUT2D eigenvalue weighted by molar-refractivity contribution is 6.30. The van der Waals surface area contributed by atoms with Gasteiger partial charge in [0.05, 0.1) is 12.6 Å². The Labute approximate surface area is 228 Å².